The molecule has 1 aromatic heterocycles. The molecule has 150 valence electrons. The van der Waals surface area contributed by atoms with Crippen molar-refractivity contribution in [3.05, 3.63) is 28.6 Å². The maximum atomic E-state index is 13.3. The van der Waals surface area contributed by atoms with Crippen molar-refractivity contribution < 1.29 is 14.2 Å². The summed E-state index contributed by atoms with van der Waals surface area (Å²) in [5, 5.41) is 0.897. The molecule has 1 heterocycles. The molecule has 0 unspecified atom stereocenters. The van der Waals surface area contributed by atoms with E-state index in [-0.39, 0.29) is 5.56 Å². The Morgan fingerprint density at radius 2 is 1.52 bits per heavy atom. The molecule has 0 amide bonds. The molecular weight excluding hydrogens is 342 g/mol. The van der Waals surface area contributed by atoms with E-state index >= 15 is 0 Å². The summed E-state index contributed by atoms with van der Waals surface area (Å²) in [6, 6.07) is 5.78. The Hall–Kier alpha value is -2.17. The topological polar surface area (TPSA) is 49.7 Å². The highest BCUT2D eigenvalue weighted by molar-refractivity contribution is 5.89. The molecule has 0 bridgehead atoms. The summed E-state index contributed by atoms with van der Waals surface area (Å²) in [6.07, 6.45) is 5.83. The highest BCUT2D eigenvalue weighted by Gasteiger charge is 2.20. The van der Waals surface area contributed by atoms with E-state index in [4.69, 9.17) is 14.2 Å². The third kappa shape index (κ3) is 5.18. The summed E-state index contributed by atoms with van der Waals surface area (Å²) in [7, 11) is 1.64. The minimum atomic E-state index is -0.119. The van der Waals surface area contributed by atoms with Gasteiger partial charge < -0.3 is 18.8 Å². The smallest absolute Gasteiger partial charge is 0.297 e. The number of methoxy groups -OCH3 is 1. The van der Waals surface area contributed by atoms with Crippen LogP contribution in [0.4, 0.5) is 0 Å². The Morgan fingerprint density at radius 3 is 2.11 bits per heavy atom. The molecule has 0 atom stereocenters. The normalized spacial score (nSPS) is 11.0. The van der Waals surface area contributed by atoms with E-state index in [1.807, 2.05) is 18.2 Å². The van der Waals surface area contributed by atoms with E-state index in [1.165, 1.54) is 0 Å². The first-order chi connectivity index (χ1) is 13.2. The molecule has 5 heteroatoms. The standard InChI is InChI=1S/C22H33NO4/c1-5-8-13-23-19-16-17(25-4)11-12-18(19)20(26-14-9-6-2)21(22(23)24)27-15-10-7-3/h11-12,16H,5-10,13-15H2,1-4H3. The lowest BCUT2D eigenvalue weighted by Gasteiger charge is -2.19. The zero-order valence-corrected chi connectivity index (χ0v) is 17.2. The number of fused-ring (bicyclic) bond motifs is 1. The summed E-state index contributed by atoms with van der Waals surface area (Å²) in [4.78, 5) is 13.3. The van der Waals surface area contributed by atoms with Crippen molar-refractivity contribution in [3.63, 3.8) is 0 Å². The van der Waals surface area contributed by atoms with Crippen LogP contribution in [0, 0.1) is 0 Å². The van der Waals surface area contributed by atoms with Crippen molar-refractivity contribution in [1.82, 2.24) is 4.57 Å². The van der Waals surface area contributed by atoms with E-state index in [9.17, 15) is 4.79 Å². The van der Waals surface area contributed by atoms with Crippen molar-refractivity contribution in [1.29, 1.82) is 0 Å². The molecule has 0 saturated carbocycles. The van der Waals surface area contributed by atoms with Crippen LogP contribution >= 0.6 is 0 Å². The molecule has 2 rings (SSSR count). The van der Waals surface area contributed by atoms with Crippen molar-refractivity contribution >= 4 is 10.9 Å². The minimum Gasteiger partial charge on any atom is -0.497 e. The van der Waals surface area contributed by atoms with E-state index < -0.39 is 0 Å². The fourth-order valence-corrected chi connectivity index (χ4v) is 2.95. The number of benzene rings is 1. The molecule has 1 aromatic carbocycles. The summed E-state index contributed by atoms with van der Waals surface area (Å²) in [6.45, 7) is 8.08. The molecule has 0 aliphatic heterocycles. The first-order valence-corrected chi connectivity index (χ1v) is 10.2. The highest BCUT2D eigenvalue weighted by Crippen LogP contribution is 2.35. The highest BCUT2D eigenvalue weighted by atomic mass is 16.5. The van der Waals surface area contributed by atoms with Gasteiger partial charge >= 0.3 is 0 Å². The van der Waals surface area contributed by atoms with Gasteiger partial charge in [0.2, 0.25) is 5.75 Å². The first-order valence-electron chi connectivity index (χ1n) is 10.2. The lowest BCUT2D eigenvalue weighted by molar-refractivity contribution is 0.259. The molecule has 0 spiro atoms. The zero-order chi connectivity index (χ0) is 19.6. The molecule has 5 nitrogen and oxygen atoms in total. The van der Waals surface area contributed by atoms with Gasteiger partial charge in [0.25, 0.3) is 5.56 Å². The van der Waals surface area contributed by atoms with Gasteiger partial charge in [-0.15, -0.1) is 0 Å². The van der Waals surface area contributed by atoms with Crippen LogP contribution in [-0.4, -0.2) is 24.9 Å². The molecule has 0 saturated heterocycles. The van der Waals surface area contributed by atoms with Gasteiger partial charge in [-0.1, -0.05) is 40.0 Å². The largest absolute Gasteiger partial charge is 0.497 e. The zero-order valence-electron chi connectivity index (χ0n) is 17.2. The maximum absolute atomic E-state index is 13.3. The fourth-order valence-electron chi connectivity index (χ4n) is 2.95. The van der Waals surface area contributed by atoms with Crippen LogP contribution in [0.3, 0.4) is 0 Å². The van der Waals surface area contributed by atoms with Crippen LogP contribution < -0.4 is 19.8 Å². The van der Waals surface area contributed by atoms with Gasteiger partial charge in [-0.2, -0.15) is 0 Å². The van der Waals surface area contributed by atoms with Gasteiger partial charge in [-0.25, -0.2) is 0 Å². The Balaban J connectivity index is 2.63. The number of ether oxygens (including phenoxy) is 3. The predicted molar refractivity (Wildman–Crippen MR) is 110 cm³/mol. The number of hydrogen-bond donors (Lipinski definition) is 0. The summed E-state index contributed by atoms with van der Waals surface area (Å²) < 4.78 is 19.2. The molecule has 0 radical (unpaired) electrons. The van der Waals surface area contributed by atoms with Gasteiger partial charge in [0.05, 0.1) is 25.8 Å². The molecule has 27 heavy (non-hydrogen) atoms. The molecular formula is C22H33NO4. The van der Waals surface area contributed by atoms with Crippen LogP contribution in [0.5, 0.6) is 17.2 Å². The SMILES string of the molecule is CCCCOc1c(OCCCC)c2ccc(OC)cc2n(CCCC)c1=O. The minimum absolute atomic E-state index is 0.119. The van der Waals surface area contributed by atoms with Crippen molar-refractivity contribution in [2.45, 2.75) is 65.8 Å². The van der Waals surface area contributed by atoms with Crippen LogP contribution in [0.1, 0.15) is 59.3 Å². The first kappa shape index (κ1) is 21.1. The number of aryl methyl sites for hydroxylation is 1. The Labute approximate surface area is 162 Å². The molecule has 2 aromatic rings. The van der Waals surface area contributed by atoms with Crippen LogP contribution in [0.25, 0.3) is 10.9 Å². The Bertz CT molecular complexity index is 782. The Morgan fingerprint density at radius 1 is 0.889 bits per heavy atom. The number of aromatic nitrogens is 1. The van der Waals surface area contributed by atoms with E-state index in [1.54, 1.807) is 11.7 Å². The van der Waals surface area contributed by atoms with Gasteiger partial charge in [0.15, 0.2) is 5.75 Å². The summed E-state index contributed by atoms with van der Waals surface area (Å²) in [5.41, 5.74) is 0.717. The lowest BCUT2D eigenvalue weighted by atomic mass is 10.1. The van der Waals surface area contributed by atoms with Crippen molar-refractivity contribution in [3.8, 4) is 17.2 Å². The summed E-state index contributed by atoms with van der Waals surface area (Å²) in [5.74, 6) is 1.63. The van der Waals surface area contributed by atoms with Crippen LogP contribution in [0.2, 0.25) is 0 Å². The number of hydrogen-bond acceptors (Lipinski definition) is 4. The number of rotatable bonds is 12. The van der Waals surface area contributed by atoms with Gasteiger partial charge in [-0.05, 0) is 31.4 Å². The number of nitrogens with zero attached hydrogens (tertiary/aromatic N) is 1. The fraction of sp³-hybridized carbons (Fsp3) is 0.591. The summed E-state index contributed by atoms with van der Waals surface area (Å²) >= 11 is 0. The van der Waals surface area contributed by atoms with Crippen LogP contribution in [0.15, 0.2) is 23.0 Å². The second-order valence-electron chi connectivity index (χ2n) is 6.76. The third-order valence-electron chi connectivity index (χ3n) is 4.61. The molecule has 0 aliphatic carbocycles. The molecule has 0 fully saturated rings. The van der Waals surface area contributed by atoms with Crippen LogP contribution in [-0.2, 0) is 6.54 Å². The molecule has 0 aliphatic rings. The average molecular weight is 376 g/mol. The van der Waals surface area contributed by atoms with Crippen molar-refractivity contribution in [2.24, 2.45) is 0 Å². The van der Waals surface area contributed by atoms with E-state index in [0.717, 1.165) is 55.2 Å². The maximum Gasteiger partial charge on any atom is 0.297 e. The monoisotopic (exact) mass is 375 g/mol. The Kier molecular flexibility index (Phi) is 8.49. The average Bonchev–Trinajstić information content (AvgIpc) is 2.69. The second kappa shape index (κ2) is 10.9. The lowest BCUT2D eigenvalue weighted by Crippen LogP contribution is -2.24. The predicted octanol–water partition coefficient (Wildman–Crippen LogP) is 5.17. The van der Waals surface area contributed by atoms with Gasteiger partial charge in [-0.3, -0.25) is 4.79 Å². The third-order valence-corrected chi connectivity index (χ3v) is 4.61. The second-order valence-corrected chi connectivity index (χ2v) is 6.76. The number of unbranched alkanes of at least 4 members (excludes halogenated alkanes) is 3. The molecule has 0 N–H and O–H groups in total. The quantitative estimate of drug-likeness (QED) is 0.480. The van der Waals surface area contributed by atoms with Gasteiger partial charge in [0, 0.05) is 18.0 Å². The van der Waals surface area contributed by atoms with E-state index in [2.05, 4.69) is 20.8 Å². The van der Waals surface area contributed by atoms with Crippen molar-refractivity contribution in [2.75, 3.05) is 20.3 Å². The van der Waals surface area contributed by atoms with Gasteiger partial charge in [0.1, 0.15) is 5.75 Å². The number of pyridine rings is 1. The van der Waals surface area contributed by atoms with E-state index in [0.29, 0.717) is 31.3 Å².